The zero-order chi connectivity index (χ0) is 4.41. The fourth-order valence-electron chi connectivity index (χ4n) is 0.250. The highest BCUT2D eigenvalue weighted by molar-refractivity contribution is 6.94. The first kappa shape index (κ1) is 3.74. The molecule has 1 aromatic rings. The highest BCUT2D eigenvalue weighted by Gasteiger charge is 1.85. The van der Waals surface area contributed by atoms with Crippen LogP contribution >= 0.6 is 11.7 Å². The molecule has 0 bridgehead atoms. The fraction of sp³-hybridized carbons (Fsp3) is 0.333. The largest absolute Gasteiger partial charge is 0.276 e. The summed E-state index contributed by atoms with van der Waals surface area (Å²) in [4.78, 5) is 0. The summed E-state index contributed by atoms with van der Waals surface area (Å²) in [5.74, 6) is 0. The fourth-order valence-corrected chi connectivity index (χ4v) is 0.616. The summed E-state index contributed by atoms with van der Waals surface area (Å²) >= 11 is 1.44. The van der Waals surface area contributed by atoms with E-state index in [-0.39, 0.29) is 0 Å². The van der Waals surface area contributed by atoms with Crippen molar-refractivity contribution in [1.29, 1.82) is 0 Å². The van der Waals surface area contributed by atoms with Gasteiger partial charge in [-0.2, -0.15) is 3.96 Å². The number of hydrogen-bond acceptors (Lipinski definition) is 2. The third-order valence-electron chi connectivity index (χ3n) is 0.513. The quantitative estimate of drug-likeness (QED) is 0.419. The molecule has 0 atom stereocenters. The minimum absolute atomic E-state index is 1.44. The minimum Gasteiger partial charge on any atom is -0.179 e. The van der Waals surface area contributed by atoms with Gasteiger partial charge in [0.2, 0.25) is 0 Å². The third-order valence-corrected chi connectivity index (χ3v) is 1.11. The SMILES string of the molecule is C[n+]1ccns1. The highest BCUT2D eigenvalue weighted by atomic mass is 32.1. The first-order valence-electron chi connectivity index (χ1n) is 1.66. The van der Waals surface area contributed by atoms with E-state index in [9.17, 15) is 0 Å². The van der Waals surface area contributed by atoms with E-state index in [1.165, 1.54) is 11.7 Å². The highest BCUT2D eigenvalue weighted by Crippen LogP contribution is 1.71. The molecule has 32 valence electrons. The van der Waals surface area contributed by atoms with Gasteiger partial charge in [-0.25, -0.2) is 0 Å². The maximum Gasteiger partial charge on any atom is 0.276 e. The Labute approximate surface area is 40.4 Å². The Bertz CT molecular complexity index is 112. The average molecular weight is 101 g/mol. The second-order valence-electron chi connectivity index (χ2n) is 1.03. The normalized spacial score (nSPS) is 8.83. The van der Waals surface area contributed by atoms with Crippen LogP contribution in [0.5, 0.6) is 0 Å². The van der Waals surface area contributed by atoms with Gasteiger partial charge in [0, 0.05) is 4.37 Å². The van der Waals surface area contributed by atoms with E-state index in [1.807, 2.05) is 17.2 Å². The van der Waals surface area contributed by atoms with Crippen LogP contribution in [0.2, 0.25) is 0 Å². The lowest BCUT2D eigenvalue weighted by atomic mass is 10.9. The Hall–Kier alpha value is -0.440. The van der Waals surface area contributed by atoms with Crippen molar-refractivity contribution < 1.29 is 3.96 Å². The van der Waals surface area contributed by atoms with Crippen molar-refractivity contribution in [2.75, 3.05) is 0 Å². The molecule has 0 aromatic carbocycles. The summed E-state index contributed by atoms with van der Waals surface area (Å²) in [5.41, 5.74) is 0. The van der Waals surface area contributed by atoms with E-state index in [4.69, 9.17) is 0 Å². The van der Waals surface area contributed by atoms with Crippen LogP contribution in [0.3, 0.4) is 0 Å². The molecule has 0 spiro atoms. The van der Waals surface area contributed by atoms with Gasteiger partial charge >= 0.3 is 0 Å². The number of aryl methyl sites for hydroxylation is 1. The van der Waals surface area contributed by atoms with Gasteiger partial charge in [-0.05, 0) is 0 Å². The van der Waals surface area contributed by atoms with Crippen molar-refractivity contribution in [3.63, 3.8) is 0 Å². The Morgan fingerprint density at radius 3 is 2.83 bits per heavy atom. The monoisotopic (exact) mass is 101 g/mol. The maximum atomic E-state index is 3.83. The van der Waals surface area contributed by atoms with E-state index in [1.54, 1.807) is 6.20 Å². The van der Waals surface area contributed by atoms with Gasteiger partial charge in [-0.3, -0.25) is 0 Å². The van der Waals surface area contributed by atoms with Crippen molar-refractivity contribution in [3.8, 4) is 0 Å². The second kappa shape index (κ2) is 1.34. The molecule has 0 N–H and O–H groups in total. The number of aromatic nitrogens is 2. The summed E-state index contributed by atoms with van der Waals surface area (Å²) in [7, 11) is 1.96. The van der Waals surface area contributed by atoms with Gasteiger partial charge in [0.05, 0.1) is 7.05 Å². The Morgan fingerprint density at radius 2 is 2.67 bits per heavy atom. The summed E-state index contributed by atoms with van der Waals surface area (Å²) in [6.07, 6.45) is 3.68. The lowest BCUT2D eigenvalue weighted by molar-refractivity contribution is -0.601. The van der Waals surface area contributed by atoms with Crippen LogP contribution in [0.1, 0.15) is 0 Å². The molecule has 0 aliphatic rings. The first-order valence-corrected chi connectivity index (χ1v) is 2.39. The number of nitrogens with zero attached hydrogens (tertiary/aromatic N) is 2. The summed E-state index contributed by atoms with van der Waals surface area (Å²) in [6, 6.07) is 0. The summed E-state index contributed by atoms with van der Waals surface area (Å²) in [5, 5.41) is 0. The van der Waals surface area contributed by atoms with Gasteiger partial charge in [0.1, 0.15) is 6.20 Å². The van der Waals surface area contributed by atoms with E-state index in [0.717, 1.165) is 0 Å². The second-order valence-corrected chi connectivity index (χ2v) is 1.98. The molecule has 3 heteroatoms. The molecule has 0 unspecified atom stereocenters. The van der Waals surface area contributed by atoms with Crippen LogP contribution in [0.4, 0.5) is 0 Å². The smallest absolute Gasteiger partial charge is 0.179 e. The molecule has 0 saturated carbocycles. The van der Waals surface area contributed by atoms with Crippen LogP contribution in [0, 0.1) is 0 Å². The van der Waals surface area contributed by atoms with E-state index in [2.05, 4.69) is 4.37 Å². The average Bonchev–Trinajstić information content (AvgIpc) is 1.86. The molecule has 0 aliphatic carbocycles. The van der Waals surface area contributed by atoms with Crippen LogP contribution in [-0.2, 0) is 7.05 Å². The van der Waals surface area contributed by atoms with Crippen molar-refractivity contribution in [2.45, 2.75) is 0 Å². The molecule has 6 heavy (non-hydrogen) atoms. The van der Waals surface area contributed by atoms with E-state index in [0.29, 0.717) is 0 Å². The molecule has 1 aromatic heterocycles. The molecule has 0 aliphatic heterocycles. The Balaban J connectivity index is 3.05. The summed E-state index contributed by atoms with van der Waals surface area (Å²) < 4.78 is 5.76. The van der Waals surface area contributed by atoms with Crippen molar-refractivity contribution in [2.24, 2.45) is 7.05 Å². The van der Waals surface area contributed by atoms with Crippen molar-refractivity contribution in [3.05, 3.63) is 12.4 Å². The van der Waals surface area contributed by atoms with Crippen LogP contribution in [0.15, 0.2) is 12.4 Å². The molecule has 2 nitrogen and oxygen atoms in total. The molecule has 1 heterocycles. The summed E-state index contributed by atoms with van der Waals surface area (Å²) in [6.45, 7) is 0. The number of rotatable bonds is 0. The van der Waals surface area contributed by atoms with E-state index >= 15 is 0 Å². The van der Waals surface area contributed by atoms with E-state index < -0.39 is 0 Å². The van der Waals surface area contributed by atoms with Crippen LogP contribution in [0.25, 0.3) is 0 Å². The molecule has 0 saturated heterocycles. The van der Waals surface area contributed by atoms with Crippen LogP contribution in [-0.4, -0.2) is 4.37 Å². The molecule has 1 rings (SSSR count). The topological polar surface area (TPSA) is 16.8 Å². The van der Waals surface area contributed by atoms with Crippen molar-refractivity contribution in [1.82, 2.24) is 4.37 Å². The standard InChI is InChI=1S/C3H5N2S/c1-5-3-2-4-6-5/h2-3H,1H3/q+1. The lowest BCUT2D eigenvalue weighted by Gasteiger charge is -1.62. The molecule has 0 fully saturated rings. The number of hydrogen-bond donors (Lipinski definition) is 0. The van der Waals surface area contributed by atoms with Crippen molar-refractivity contribution >= 4 is 11.7 Å². The Kier molecular flexibility index (Phi) is 0.837. The maximum absolute atomic E-state index is 3.83. The Morgan fingerprint density at radius 1 is 1.83 bits per heavy atom. The third kappa shape index (κ3) is 0.542. The zero-order valence-corrected chi connectivity index (χ0v) is 4.27. The first-order chi connectivity index (χ1) is 2.89. The molecule has 0 amide bonds. The zero-order valence-electron chi connectivity index (χ0n) is 3.46. The van der Waals surface area contributed by atoms with Gasteiger partial charge in [-0.15, -0.1) is 0 Å². The van der Waals surface area contributed by atoms with Crippen LogP contribution < -0.4 is 3.96 Å². The predicted octanol–water partition coefficient (Wildman–Crippen LogP) is -0.0324. The molecular formula is C3H5N2S+. The lowest BCUT2D eigenvalue weighted by Crippen LogP contribution is -2.18. The minimum atomic E-state index is 1.44. The van der Waals surface area contributed by atoms with Gasteiger partial charge < -0.3 is 0 Å². The predicted molar refractivity (Wildman–Crippen MR) is 23.3 cm³/mol. The molecule has 0 radical (unpaired) electrons. The van der Waals surface area contributed by atoms with Gasteiger partial charge in [0.15, 0.2) is 6.20 Å². The molecular weight excluding hydrogens is 96.1 g/mol. The van der Waals surface area contributed by atoms with Gasteiger partial charge in [0.25, 0.3) is 11.7 Å². The van der Waals surface area contributed by atoms with Gasteiger partial charge in [-0.1, -0.05) is 0 Å².